The van der Waals surface area contributed by atoms with E-state index >= 15 is 0 Å². The molecule has 0 saturated carbocycles. The summed E-state index contributed by atoms with van der Waals surface area (Å²) in [6.45, 7) is 10.2. The summed E-state index contributed by atoms with van der Waals surface area (Å²) in [5.41, 5.74) is 0. The lowest BCUT2D eigenvalue weighted by Gasteiger charge is -2.35. The molecule has 0 spiro atoms. The van der Waals surface area contributed by atoms with Crippen molar-refractivity contribution in [2.45, 2.75) is 77.3 Å². The zero-order chi connectivity index (χ0) is 12.8. The Bertz CT molecular complexity index is 215. The van der Waals surface area contributed by atoms with E-state index < -0.39 is 0 Å². The van der Waals surface area contributed by atoms with Crippen molar-refractivity contribution in [3.05, 3.63) is 0 Å². The number of piperidine rings is 2. The van der Waals surface area contributed by atoms with Gasteiger partial charge >= 0.3 is 0 Å². The van der Waals surface area contributed by atoms with E-state index in [1.807, 2.05) is 0 Å². The minimum Gasteiger partial charge on any atom is -0.301 e. The first-order valence-electron chi connectivity index (χ1n) is 8.25. The van der Waals surface area contributed by atoms with Gasteiger partial charge in [-0.1, -0.05) is 12.8 Å². The van der Waals surface area contributed by atoms with Crippen molar-refractivity contribution in [1.29, 1.82) is 0 Å². The maximum absolute atomic E-state index is 2.71. The van der Waals surface area contributed by atoms with Gasteiger partial charge in [0, 0.05) is 12.1 Å². The number of hydrogen-bond donors (Lipinski definition) is 0. The molecule has 0 aliphatic carbocycles. The fourth-order valence-electron chi connectivity index (χ4n) is 3.61. The van der Waals surface area contributed by atoms with E-state index in [2.05, 4.69) is 23.6 Å². The van der Waals surface area contributed by atoms with E-state index in [1.54, 1.807) is 0 Å². The average molecular weight is 325 g/mol. The molecule has 2 saturated heterocycles. The molecule has 2 atom stereocenters. The molecular weight excluding hydrogens is 291 g/mol. The Hall–Kier alpha value is 0.500. The van der Waals surface area contributed by atoms with Crippen LogP contribution in [0.5, 0.6) is 0 Å². The predicted molar refractivity (Wildman–Crippen MR) is 93.5 cm³/mol. The maximum atomic E-state index is 2.71. The Morgan fingerprint density at radius 2 is 1.10 bits per heavy atom. The zero-order valence-electron chi connectivity index (χ0n) is 13.4. The van der Waals surface area contributed by atoms with Gasteiger partial charge in [-0.05, 0) is 78.6 Å². The van der Waals surface area contributed by atoms with Crippen molar-refractivity contribution in [2.24, 2.45) is 0 Å². The fraction of sp³-hybridized carbons (Fsp3) is 1.00. The third-order valence-electron chi connectivity index (χ3n) is 5.02. The van der Waals surface area contributed by atoms with E-state index in [9.17, 15) is 0 Å². The summed E-state index contributed by atoms with van der Waals surface area (Å²) in [5.74, 6) is 0. The van der Waals surface area contributed by atoms with Crippen molar-refractivity contribution in [2.75, 3.05) is 26.2 Å². The molecule has 2 fully saturated rings. The summed E-state index contributed by atoms with van der Waals surface area (Å²) in [6.07, 6.45) is 11.4. The number of hydrogen-bond acceptors (Lipinski definition) is 2. The second kappa shape index (κ2) is 11.1. The van der Waals surface area contributed by atoms with Gasteiger partial charge in [0.15, 0.2) is 0 Å². The Balaban J connectivity index is 0.00000180. The third-order valence-corrected chi connectivity index (χ3v) is 5.02. The Kier molecular flexibility index (Phi) is 11.4. The lowest BCUT2D eigenvalue weighted by molar-refractivity contribution is 0.139. The molecule has 2 heterocycles. The Morgan fingerprint density at radius 3 is 1.45 bits per heavy atom. The number of halogens is 2. The van der Waals surface area contributed by atoms with Crippen LogP contribution in [0.25, 0.3) is 0 Å². The maximum Gasteiger partial charge on any atom is 0.00669 e. The summed E-state index contributed by atoms with van der Waals surface area (Å²) in [7, 11) is 0. The second-order valence-electron chi connectivity index (χ2n) is 6.47. The Labute approximate surface area is 138 Å². The van der Waals surface area contributed by atoms with Gasteiger partial charge < -0.3 is 9.80 Å². The summed E-state index contributed by atoms with van der Waals surface area (Å²) >= 11 is 0. The summed E-state index contributed by atoms with van der Waals surface area (Å²) in [5, 5.41) is 0. The highest BCUT2D eigenvalue weighted by Gasteiger charge is 2.19. The monoisotopic (exact) mass is 324 g/mol. The van der Waals surface area contributed by atoms with Crippen LogP contribution < -0.4 is 0 Å². The van der Waals surface area contributed by atoms with Crippen LogP contribution in [0.2, 0.25) is 0 Å². The minimum absolute atomic E-state index is 0. The fourth-order valence-corrected chi connectivity index (χ4v) is 3.61. The average Bonchev–Trinajstić information content (AvgIpc) is 2.38. The minimum atomic E-state index is 0. The lowest BCUT2D eigenvalue weighted by Crippen LogP contribution is -2.39. The second-order valence-corrected chi connectivity index (χ2v) is 6.47. The van der Waals surface area contributed by atoms with Gasteiger partial charge in [-0.15, -0.1) is 24.8 Å². The first kappa shape index (κ1) is 20.5. The molecule has 2 aliphatic rings. The molecule has 0 aromatic rings. The Morgan fingerprint density at radius 1 is 0.700 bits per heavy atom. The van der Waals surface area contributed by atoms with Gasteiger partial charge in [0.05, 0.1) is 0 Å². The van der Waals surface area contributed by atoms with Crippen molar-refractivity contribution in [3.8, 4) is 0 Å². The van der Waals surface area contributed by atoms with Crippen molar-refractivity contribution in [1.82, 2.24) is 9.80 Å². The first-order valence-corrected chi connectivity index (χ1v) is 8.25. The van der Waals surface area contributed by atoms with E-state index in [4.69, 9.17) is 0 Å². The molecule has 20 heavy (non-hydrogen) atoms. The van der Waals surface area contributed by atoms with Crippen molar-refractivity contribution < 1.29 is 0 Å². The lowest BCUT2D eigenvalue weighted by atomic mass is 10.0. The largest absolute Gasteiger partial charge is 0.301 e. The highest BCUT2D eigenvalue weighted by molar-refractivity contribution is 5.85. The van der Waals surface area contributed by atoms with E-state index in [0.29, 0.717) is 0 Å². The molecule has 0 N–H and O–H groups in total. The van der Waals surface area contributed by atoms with E-state index in [1.165, 1.54) is 77.5 Å². The topological polar surface area (TPSA) is 6.48 Å². The molecule has 2 nitrogen and oxygen atoms in total. The normalized spacial score (nSPS) is 28.5. The number of likely N-dealkylation sites (tertiary alicyclic amines) is 2. The smallest absolute Gasteiger partial charge is 0.00669 e. The molecule has 4 heteroatoms. The van der Waals surface area contributed by atoms with Crippen LogP contribution in [0.3, 0.4) is 0 Å². The van der Waals surface area contributed by atoms with Gasteiger partial charge in [0.25, 0.3) is 0 Å². The molecule has 122 valence electrons. The first-order chi connectivity index (χ1) is 8.77. The summed E-state index contributed by atoms with van der Waals surface area (Å²) < 4.78 is 0. The van der Waals surface area contributed by atoms with Crippen molar-refractivity contribution in [3.63, 3.8) is 0 Å². The quantitative estimate of drug-likeness (QED) is 0.693. The van der Waals surface area contributed by atoms with Gasteiger partial charge in [-0.3, -0.25) is 0 Å². The molecule has 0 radical (unpaired) electrons. The van der Waals surface area contributed by atoms with E-state index in [-0.39, 0.29) is 24.8 Å². The van der Waals surface area contributed by atoms with E-state index in [0.717, 1.165) is 12.1 Å². The third kappa shape index (κ3) is 6.51. The summed E-state index contributed by atoms with van der Waals surface area (Å²) in [6, 6.07) is 1.68. The molecule has 2 unspecified atom stereocenters. The van der Waals surface area contributed by atoms with Crippen LogP contribution in [0.15, 0.2) is 0 Å². The van der Waals surface area contributed by atoms with Gasteiger partial charge in [-0.2, -0.15) is 0 Å². The highest BCUT2D eigenvalue weighted by Crippen LogP contribution is 2.18. The van der Waals surface area contributed by atoms with Gasteiger partial charge in [0.2, 0.25) is 0 Å². The molecule has 0 aromatic heterocycles. The molecule has 2 rings (SSSR count). The number of rotatable bonds is 5. The van der Waals surface area contributed by atoms with Crippen LogP contribution in [-0.2, 0) is 0 Å². The highest BCUT2D eigenvalue weighted by atomic mass is 35.5. The van der Waals surface area contributed by atoms with Crippen LogP contribution in [-0.4, -0.2) is 48.1 Å². The molecule has 0 bridgehead atoms. The SMILES string of the molecule is CC1CCCCN1CCCCN1CCCCC1C.Cl.Cl. The molecule has 2 aliphatic heterocycles. The predicted octanol–water partition coefficient (Wildman–Crippen LogP) is 4.36. The molecule has 0 amide bonds. The van der Waals surface area contributed by atoms with Gasteiger partial charge in [0.1, 0.15) is 0 Å². The molecule has 0 aromatic carbocycles. The zero-order valence-corrected chi connectivity index (χ0v) is 15.0. The van der Waals surface area contributed by atoms with Crippen LogP contribution in [0.4, 0.5) is 0 Å². The van der Waals surface area contributed by atoms with Crippen LogP contribution >= 0.6 is 24.8 Å². The summed E-state index contributed by atoms with van der Waals surface area (Å²) in [4.78, 5) is 5.42. The van der Waals surface area contributed by atoms with Gasteiger partial charge in [-0.25, -0.2) is 0 Å². The standard InChI is InChI=1S/C16H32N2.2ClH/c1-15-9-3-5-11-17(15)13-7-8-14-18-12-6-4-10-16(18)2;;/h15-16H,3-14H2,1-2H3;2*1H. The number of nitrogens with zero attached hydrogens (tertiary/aromatic N) is 2. The number of unbranched alkanes of at least 4 members (excludes halogenated alkanes) is 1. The van der Waals surface area contributed by atoms with Crippen molar-refractivity contribution >= 4 is 24.8 Å². The van der Waals surface area contributed by atoms with Crippen LogP contribution in [0, 0.1) is 0 Å². The van der Waals surface area contributed by atoms with Crippen LogP contribution in [0.1, 0.15) is 65.2 Å². The molecular formula is C16H34Cl2N2.